The van der Waals surface area contributed by atoms with Crippen LogP contribution in [0.3, 0.4) is 0 Å². The van der Waals surface area contributed by atoms with Gasteiger partial charge in [-0.3, -0.25) is 10.1 Å². The average molecular weight is 211 g/mol. The lowest BCUT2D eigenvalue weighted by Crippen LogP contribution is -2.47. The molecule has 2 N–H and O–H groups in total. The Morgan fingerprint density at radius 2 is 2.00 bits per heavy atom. The number of hydrogen-bond donors (Lipinski definition) is 2. The summed E-state index contributed by atoms with van der Waals surface area (Å²) in [6.45, 7) is 7.27. The van der Waals surface area contributed by atoms with Gasteiger partial charge in [-0.1, -0.05) is 5.16 Å². The Morgan fingerprint density at radius 3 is 2.40 bits per heavy atom. The van der Waals surface area contributed by atoms with Crippen LogP contribution in [0, 0.1) is 13.8 Å². The molecule has 1 rings (SSSR count). The minimum absolute atomic E-state index is 0.149. The van der Waals surface area contributed by atoms with Gasteiger partial charge in [-0.15, -0.1) is 0 Å². The number of amides is 1. The lowest BCUT2D eigenvalue weighted by atomic mass is 10.1. The fraction of sp³-hybridized carbons (Fsp3) is 0.600. The van der Waals surface area contributed by atoms with Gasteiger partial charge in [0.05, 0.1) is 11.2 Å². The first-order valence-corrected chi connectivity index (χ1v) is 4.81. The number of hydrogen-bond acceptors (Lipinski definition) is 4. The first-order valence-electron chi connectivity index (χ1n) is 4.81. The van der Waals surface area contributed by atoms with Gasteiger partial charge in [0.2, 0.25) is 11.8 Å². The number of anilines is 1. The summed E-state index contributed by atoms with van der Waals surface area (Å²) in [4.78, 5) is 11.8. The Labute approximate surface area is 89.2 Å². The van der Waals surface area contributed by atoms with Gasteiger partial charge in [-0.05, 0) is 34.7 Å². The molecule has 0 bridgehead atoms. The lowest BCUT2D eigenvalue weighted by Gasteiger charge is -2.21. The lowest BCUT2D eigenvalue weighted by molar-refractivity contribution is -0.121. The van der Waals surface area contributed by atoms with Crippen LogP contribution < -0.4 is 10.6 Å². The second-order valence-electron chi connectivity index (χ2n) is 4.05. The van der Waals surface area contributed by atoms with E-state index in [1.807, 2.05) is 13.8 Å². The highest BCUT2D eigenvalue weighted by Crippen LogP contribution is 2.18. The normalized spacial score (nSPS) is 11.5. The molecular weight excluding hydrogens is 194 g/mol. The third-order valence-corrected chi connectivity index (χ3v) is 2.58. The van der Waals surface area contributed by atoms with Crippen molar-refractivity contribution in [3.05, 3.63) is 11.3 Å². The molecule has 0 atom stereocenters. The van der Waals surface area contributed by atoms with E-state index in [1.165, 1.54) is 0 Å². The van der Waals surface area contributed by atoms with Crippen LogP contribution >= 0.6 is 0 Å². The van der Waals surface area contributed by atoms with Crippen molar-refractivity contribution in [3.63, 3.8) is 0 Å². The number of aryl methyl sites for hydroxylation is 1. The maximum absolute atomic E-state index is 11.8. The van der Waals surface area contributed by atoms with E-state index in [-0.39, 0.29) is 5.91 Å². The molecule has 0 aromatic carbocycles. The minimum atomic E-state index is -0.632. The molecule has 0 radical (unpaired) electrons. The van der Waals surface area contributed by atoms with E-state index in [4.69, 9.17) is 4.52 Å². The fourth-order valence-corrected chi connectivity index (χ4v) is 0.905. The molecular formula is C10H17N3O2. The van der Waals surface area contributed by atoms with Crippen molar-refractivity contribution < 1.29 is 9.32 Å². The standard InChI is InChI=1S/C10H17N3O2/c1-6-7(2)13-15-8(6)12-9(14)10(3,4)11-5/h11H,1-5H3,(H,12,14). The van der Waals surface area contributed by atoms with Gasteiger partial charge in [0.15, 0.2) is 0 Å². The molecule has 1 amide bonds. The molecule has 1 aromatic heterocycles. The molecule has 0 saturated heterocycles. The molecule has 1 aromatic rings. The van der Waals surface area contributed by atoms with Crippen molar-refractivity contribution in [2.24, 2.45) is 0 Å². The Morgan fingerprint density at radius 1 is 1.40 bits per heavy atom. The number of aromatic nitrogens is 1. The number of rotatable bonds is 3. The molecule has 15 heavy (non-hydrogen) atoms. The Balaban J connectivity index is 2.79. The predicted molar refractivity (Wildman–Crippen MR) is 57.7 cm³/mol. The maximum Gasteiger partial charge on any atom is 0.246 e. The molecule has 5 heteroatoms. The summed E-state index contributed by atoms with van der Waals surface area (Å²) in [6, 6.07) is 0. The third-order valence-electron chi connectivity index (χ3n) is 2.58. The first kappa shape index (κ1) is 11.7. The quantitative estimate of drug-likeness (QED) is 0.789. The zero-order chi connectivity index (χ0) is 11.6. The highest BCUT2D eigenvalue weighted by atomic mass is 16.5. The van der Waals surface area contributed by atoms with Crippen molar-refractivity contribution in [1.29, 1.82) is 0 Å². The maximum atomic E-state index is 11.8. The summed E-state index contributed by atoms with van der Waals surface area (Å²) in [7, 11) is 1.73. The number of likely N-dealkylation sites (N-methyl/N-ethyl adjacent to an activating group) is 1. The van der Waals surface area contributed by atoms with E-state index in [0.29, 0.717) is 5.88 Å². The average Bonchev–Trinajstić information content (AvgIpc) is 2.49. The van der Waals surface area contributed by atoms with E-state index in [0.717, 1.165) is 11.3 Å². The van der Waals surface area contributed by atoms with Crippen molar-refractivity contribution >= 4 is 11.8 Å². The second kappa shape index (κ2) is 4.02. The zero-order valence-corrected chi connectivity index (χ0v) is 9.76. The van der Waals surface area contributed by atoms with Crippen LogP contribution in [0.25, 0.3) is 0 Å². The summed E-state index contributed by atoms with van der Waals surface area (Å²) in [6.07, 6.45) is 0. The van der Waals surface area contributed by atoms with Crippen molar-refractivity contribution in [1.82, 2.24) is 10.5 Å². The van der Waals surface area contributed by atoms with Crippen LogP contribution in [-0.2, 0) is 4.79 Å². The highest BCUT2D eigenvalue weighted by Gasteiger charge is 2.26. The molecule has 0 spiro atoms. The summed E-state index contributed by atoms with van der Waals surface area (Å²) in [5.74, 6) is 0.269. The summed E-state index contributed by atoms with van der Waals surface area (Å²) in [5, 5.41) is 9.37. The second-order valence-corrected chi connectivity index (χ2v) is 4.05. The summed E-state index contributed by atoms with van der Waals surface area (Å²) in [5.41, 5.74) is 1.01. The van der Waals surface area contributed by atoms with E-state index >= 15 is 0 Å². The molecule has 0 aliphatic rings. The SMILES string of the molecule is CNC(C)(C)C(=O)Nc1onc(C)c1C. The fourth-order valence-electron chi connectivity index (χ4n) is 0.905. The van der Waals surface area contributed by atoms with E-state index < -0.39 is 5.54 Å². The van der Waals surface area contributed by atoms with Gasteiger partial charge in [0, 0.05) is 5.56 Å². The van der Waals surface area contributed by atoms with Crippen LogP contribution in [0.15, 0.2) is 4.52 Å². The molecule has 1 heterocycles. The molecule has 0 fully saturated rings. The van der Waals surface area contributed by atoms with Gasteiger partial charge in [0.25, 0.3) is 0 Å². The van der Waals surface area contributed by atoms with Gasteiger partial charge in [0.1, 0.15) is 0 Å². The summed E-state index contributed by atoms with van der Waals surface area (Å²) < 4.78 is 5.00. The molecule has 0 aliphatic heterocycles. The number of nitrogens with one attached hydrogen (secondary N) is 2. The molecule has 0 aliphatic carbocycles. The van der Waals surface area contributed by atoms with Gasteiger partial charge >= 0.3 is 0 Å². The molecule has 5 nitrogen and oxygen atoms in total. The van der Waals surface area contributed by atoms with Crippen LogP contribution in [0.2, 0.25) is 0 Å². The van der Waals surface area contributed by atoms with Crippen molar-refractivity contribution in [2.75, 3.05) is 12.4 Å². The van der Waals surface area contributed by atoms with Crippen molar-refractivity contribution in [2.45, 2.75) is 33.2 Å². The number of nitrogens with zero attached hydrogens (tertiary/aromatic N) is 1. The predicted octanol–water partition coefficient (Wildman–Crippen LogP) is 1.23. The van der Waals surface area contributed by atoms with Crippen LogP contribution in [-0.4, -0.2) is 23.7 Å². The van der Waals surface area contributed by atoms with Gasteiger partial charge in [-0.2, -0.15) is 0 Å². The van der Waals surface area contributed by atoms with Crippen LogP contribution in [0.4, 0.5) is 5.88 Å². The van der Waals surface area contributed by atoms with Gasteiger partial charge in [-0.25, -0.2) is 0 Å². The van der Waals surface area contributed by atoms with E-state index in [9.17, 15) is 4.79 Å². The number of carbonyl (C=O) groups is 1. The molecule has 0 unspecified atom stereocenters. The largest absolute Gasteiger partial charge is 0.338 e. The van der Waals surface area contributed by atoms with E-state index in [1.54, 1.807) is 20.9 Å². The van der Waals surface area contributed by atoms with Crippen LogP contribution in [0.1, 0.15) is 25.1 Å². The molecule has 0 saturated carbocycles. The smallest absolute Gasteiger partial charge is 0.246 e. The molecule has 84 valence electrons. The monoisotopic (exact) mass is 211 g/mol. The highest BCUT2D eigenvalue weighted by molar-refractivity contribution is 5.96. The van der Waals surface area contributed by atoms with Gasteiger partial charge < -0.3 is 9.84 Å². The van der Waals surface area contributed by atoms with E-state index in [2.05, 4.69) is 15.8 Å². The zero-order valence-electron chi connectivity index (χ0n) is 9.76. The Bertz CT molecular complexity index is 369. The minimum Gasteiger partial charge on any atom is -0.338 e. The third kappa shape index (κ3) is 2.36. The topological polar surface area (TPSA) is 67.2 Å². The van der Waals surface area contributed by atoms with Crippen LogP contribution in [0.5, 0.6) is 0 Å². The summed E-state index contributed by atoms with van der Waals surface area (Å²) >= 11 is 0. The van der Waals surface area contributed by atoms with Crippen molar-refractivity contribution in [3.8, 4) is 0 Å². The first-order chi connectivity index (χ1) is 6.88. The Kier molecular flexibility index (Phi) is 3.14. The Hall–Kier alpha value is -1.36. The number of carbonyl (C=O) groups excluding carboxylic acids is 1.